The summed E-state index contributed by atoms with van der Waals surface area (Å²) in [6.45, 7) is 4.96. The first kappa shape index (κ1) is 11.7. The maximum absolute atomic E-state index is 12.7. The maximum atomic E-state index is 12.7. The van der Waals surface area contributed by atoms with Crippen LogP contribution in [-0.4, -0.2) is 4.57 Å². The van der Waals surface area contributed by atoms with E-state index in [1.54, 1.807) is 12.1 Å². The third-order valence-electron chi connectivity index (χ3n) is 3.21. The first-order chi connectivity index (χ1) is 8.08. The molecule has 0 unspecified atom stereocenters. The number of hydrogen-bond acceptors (Lipinski definition) is 1. The predicted molar refractivity (Wildman–Crippen MR) is 68.6 cm³/mol. The van der Waals surface area contributed by atoms with Crippen molar-refractivity contribution in [3.05, 3.63) is 53.1 Å². The van der Waals surface area contributed by atoms with Gasteiger partial charge in [-0.2, -0.15) is 0 Å². The molecule has 0 atom stereocenters. The van der Waals surface area contributed by atoms with Gasteiger partial charge in [0.05, 0.1) is 0 Å². The zero-order chi connectivity index (χ0) is 12.4. The van der Waals surface area contributed by atoms with Crippen molar-refractivity contribution in [3.8, 4) is 0 Å². The van der Waals surface area contributed by atoms with Crippen molar-refractivity contribution in [1.29, 1.82) is 0 Å². The van der Waals surface area contributed by atoms with E-state index in [0.29, 0.717) is 0 Å². The van der Waals surface area contributed by atoms with Crippen LogP contribution in [0.2, 0.25) is 0 Å². The van der Waals surface area contributed by atoms with Gasteiger partial charge in [-0.1, -0.05) is 0 Å². The summed E-state index contributed by atoms with van der Waals surface area (Å²) in [4.78, 5) is 0. The van der Waals surface area contributed by atoms with E-state index < -0.39 is 0 Å². The molecule has 0 saturated heterocycles. The van der Waals surface area contributed by atoms with Gasteiger partial charge < -0.3 is 9.88 Å². The van der Waals surface area contributed by atoms with Gasteiger partial charge in [-0.15, -0.1) is 0 Å². The average Bonchev–Trinajstić information content (AvgIpc) is 2.56. The number of aryl methyl sites for hydroxylation is 1. The van der Waals surface area contributed by atoms with Crippen LogP contribution in [0.4, 0.5) is 10.1 Å². The Morgan fingerprint density at radius 3 is 2.35 bits per heavy atom. The number of aromatic nitrogens is 1. The molecule has 1 aromatic heterocycles. The Hall–Kier alpha value is -1.77. The minimum atomic E-state index is -0.206. The zero-order valence-electron chi connectivity index (χ0n) is 10.4. The quantitative estimate of drug-likeness (QED) is 0.858. The van der Waals surface area contributed by atoms with E-state index in [2.05, 4.69) is 36.8 Å². The largest absolute Gasteiger partial charge is 0.381 e. The Kier molecular flexibility index (Phi) is 3.18. The maximum Gasteiger partial charge on any atom is 0.123 e. The standard InChI is InChI=1S/C14H17FN2/c1-10-8-12(11(2)17(10)3)9-16-14-6-4-13(15)5-7-14/h4-8,16H,9H2,1-3H3. The zero-order valence-corrected chi connectivity index (χ0v) is 10.4. The number of nitrogens with one attached hydrogen (secondary N) is 1. The van der Waals surface area contributed by atoms with Crippen molar-refractivity contribution < 1.29 is 4.39 Å². The summed E-state index contributed by atoms with van der Waals surface area (Å²) < 4.78 is 14.9. The lowest BCUT2D eigenvalue weighted by Crippen LogP contribution is -2.01. The van der Waals surface area contributed by atoms with Crippen LogP contribution >= 0.6 is 0 Å². The van der Waals surface area contributed by atoms with Crippen LogP contribution in [0.25, 0.3) is 0 Å². The van der Waals surface area contributed by atoms with Crippen LogP contribution in [-0.2, 0) is 13.6 Å². The minimum absolute atomic E-state index is 0.206. The normalized spacial score (nSPS) is 10.6. The van der Waals surface area contributed by atoms with Gasteiger partial charge in [-0.3, -0.25) is 0 Å². The van der Waals surface area contributed by atoms with Gasteiger partial charge >= 0.3 is 0 Å². The molecule has 1 N–H and O–H groups in total. The van der Waals surface area contributed by atoms with E-state index >= 15 is 0 Å². The van der Waals surface area contributed by atoms with Crippen molar-refractivity contribution in [2.45, 2.75) is 20.4 Å². The minimum Gasteiger partial charge on any atom is -0.381 e. The first-order valence-corrected chi connectivity index (χ1v) is 5.69. The summed E-state index contributed by atoms with van der Waals surface area (Å²) in [5, 5.41) is 3.29. The molecule has 1 heterocycles. The summed E-state index contributed by atoms with van der Waals surface area (Å²) >= 11 is 0. The summed E-state index contributed by atoms with van der Waals surface area (Å²) in [5.41, 5.74) is 4.72. The van der Waals surface area contributed by atoms with E-state index in [1.165, 1.54) is 29.1 Å². The fourth-order valence-electron chi connectivity index (χ4n) is 1.88. The average molecular weight is 232 g/mol. The van der Waals surface area contributed by atoms with Crippen molar-refractivity contribution in [1.82, 2.24) is 4.57 Å². The van der Waals surface area contributed by atoms with Crippen LogP contribution < -0.4 is 5.32 Å². The Morgan fingerprint density at radius 1 is 1.18 bits per heavy atom. The Morgan fingerprint density at radius 2 is 1.82 bits per heavy atom. The summed E-state index contributed by atoms with van der Waals surface area (Å²) in [6.07, 6.45) is 0. The fourth-order valence-corrected chi connectivity index (χ4v) is 1.88. The highest BCUT2D eigenvalue weighted by molar-refractivity contribution is 5.44. The Labute approximate surface area is 101 Å². The molecule has 2 nitrogen and oxygen atoms in total. The highest BCUT2D eigenvalue weighted by Gasteiger charge is 2.05. The lowest BCUT2D eigenvalue weighted by Gasteiger charge is -2.06. The molecule has 0 aliphatic heterocycles. The SMILES string of the molecule is Cc1cc(CNc2ccc(F)cc2)c(C)n1C. The van der Waals surface area contributed by atoms with Crippen molar-refractivity contribution >= 4 is 5.69 Å². The topological polar surface area (TPSA) is 17.0 Å². The van der Waals surface area contributed by atoms with E-state index in [4.69, 9.17) is 0 Å². The predicted octanol–water partition coefficient (Wildman–Crippen LogP) is 3.39. The van der Waals surface area contributed by atoms with E-state index in [9.17, 15) is 4.39 Å². The molecule has 0 spiro atoms. The highest BCUT2D eigenvalue weighted by Crippen LogP contribution is 2.15. The molecule has 0 radical (unpaired) electrons. The van der Waals surface area contributed by atoms with E-state index in [1.807, 2.05) is 0 Å². The van der Waals surface area contributed by atoms with Gasteiger partial charge in [0.15, 0.2) is 0 Å². The molecule has 0 fully saturated rings. The molecule has 2 aromatic rings. The van der Waals surface area contributed by atoms with Gasteiger partial charge in [-0.25, -0.2) is 4.39 Å². The van der Waals surface area contributed by atoms with E-state index in [0.717, 1.165) is 12.2 Å². The van der Waals surface area contributed by atoms with E-state index in [-0.39, 0.29) is 5.82 Å². The summed E-state index contributed by atoms with van der Waals surface area (Å²) in [5.74, 6) is -0.206. The van der Waals surface area contributed by atoms with Crippen LogP contribution in [0.3, 0.4) is 0 Å². The molecule has 3 heteroatoms. The van der Waals surface area contributed by atoms with Gasteiger partial charge in [0, 0.05) is 30.7 Å². The fraction of sp³-hybridized carbons (Fsp3) is 0.286. The highest BCUT2D eigenvalue weighted by atomic mass is 19.1. The summed E-state index contributed by atoms with van der Waals surface area (Å²) in [6, 6.07) is 8.60. The molecular formula is C14H17FN2. The lowest BCUT2D eigenvalue weighted by atomic mass is 10.2. The molecule has 1 aromatic carbocycles. The number of rotatable bonds is 3. The third kappa shape index (κ3) is 2.49. The van der Waals surface area contributed by atoms with Gasteiger partial charge in [-0.05, 0) is 49.7 Å². The number of anilines is 1. The van der Waals surface area contributed by atoms with Crippen LogP contribution in [0, 0.1) is 19.7 Å². The van der Waals surface area contributed by atoms with Crippen LogP contribution in [0.15, 0.2) is 30.3 Å². The Balaban J connectivity index is 2.07. The third-order valence-corrected chi connectivity index (χ3v) is 3.21. The Bertz CT molecular complexity index is 512. The second-order valence-corrected chi connectivity index (χ2v) is 4.32. The van der Waals surface area contributed by atoms with Crippen LogP contribution in [0.5, 0.6) is 0 Å². The second kappa shape index (κ2) is 4.62. The molecule has 0 bridgehead atoms. The molecule has 0 amide bonds. The number of nitrogens with zero attached hydrogens (tertiary/aromatic N) is 1. The monoisotopic (exact) mass is 232 g/mol. The molecule has 0 saturated carbocycles. The second-order valence-electron chi connectivity index (χ2n) is 4.32. The number of hydrogen-bond donors (Lipinski definition) is 1. The lowest BCUT2D eigenvalue weighted by molar-refractivity contribution is 0.628. The van der Waals surface area contributed by atoms with Gasteiger partial charge in [0.2, 0.25) is 0 Å². The number of benzene rings is 1. The smallest absolute Gasteiger partial charge is 0.123 e. The molecule has 90 valence electrons. The summed E-state index contributed by atoms with van der Waals surface area (Å²) in [7, 11) is 2.06. The molecular weight excluding hydrogens is 215 g/mol. The molecule has 0 aliphatic rings. The molecule has 17 heavy (non-hydrogen) atoms. The van der Waals surface area contributed by atoms with Crippen molar-refractivity contribution in [2.24, 2.45) is 7.05 Å². The molecule has 2 rings (SSSR count). The van der Waals surface area contributed by atoms with Gasteiger partial charge in [0.25, 0.3) is 0 Å². The van der Waals surface area contributed by atoms with Crippen molar-refractivity contribution in [2.75, 3.05) is 5.32 Å². The first-order valence-electron chi connectivity index (χ1n) is 5.69. The molecule has 0 aliphatic carbocycles. The van der Waals surface area contributed by atoms with Crippen molar-refractivity contribution in [3.63, 3.8) is 0 Å². The number of halogens is 1. The van der Waals surface area contributed by atoms with Crippen LogP contribution in [0.1, 0.15) is 17.0 Å². The van der Waals surface area contributed by atoms with Gasteiger partial charge in [0.1, 0.15) is 5.82 Å².